The first-order valence-corrected chi connectivity index (χ1v) is 12.4. The Balaban J connectivity index is 0.00000320. The van der Waals surface area contributed by atoms with Gasteiger partial charge in [-0.25, -0.2) is 8.78 Å². The molecule has 0 saturated carbocycles. The number of benzene rings is 4. The molecule has 0 spiro atoms. The van der Waals surface area contributed by atoms with E-state index in [1.807, 2.05) is 30.3 Å². The predicted molar refractivity (Wildman–Crippen MR) is 145 cm³/mol. The molecule has 4 aromatic rings. The summed E-state index contributed by atoms with van der Waals surface area (Å²) in [5, 5.41) is 11.4. The summed E-state index contributed by atoms with van der Waals surface area (Å²) in [6, 6.07) is 19.7. The first kappa shape index (κ1) is 26.7. The number of phenolic OH excluding ortho intramolecular Hbond substituents is 1. The fourth-order valence-corrected chi connectivity index (χ4v) is 4.66. The van der Waals surface area contributed by atoms with Crippen molar-refractivity contribution in [3.05, 3.63) is 84.4 Å². The Morgan fingerprint density at radius 2 is 1.49 bits per heavy atom. The molecule has 5 rings (SSSR count). The Kier molecular flexibility index (Phi) is 8.85. The molecule has 0 bridgehead atoms. The lowest BCUT2D eigenvalue weighted by molar-refractivity contribution is 0.214. The average Bonchev–Trinajstić information content (AvgIpc) is 3.16. The van der Waals surface area contributed by atoms with Gasteiger partial charge in [-0.15, -0.1) is 12.4 Å². The summed E-state index contributed by atoms with van der Waals surface area (Å²) in [5.74, 6) is 0.147. The molecule has 7 heteroatoms. The maximum absolute atomic E-state index is 14.0. The molecule has 4 nitrogen and oxygen atoms in total. The van der Waals surface area contributed by atoms with Crippen LogP contribution in [0.25, 0.3) is 21.9 Å². The summed E-state index contributed by atoms with van der Waals surface area (Å²) in [7, 11) is 0. The van der Waals surface area contributed by atoms with Crippen LogP contribution in [0.2, 0.25) is 0 Å². The number of aromatic hydroxyl groups is 1. The van der Waals surface area contributed by atoms with Gasteiger partial charge in [-0.05, 0) is 97.5 Å². The van der Waals surface area contributed by atoms with E-state index in [9.17, 15) is 13.9 Å². The maximum atomic E-state index is 14.0. The standard InChI is InChI=1S/C30H29F2NO3.ClH/c31-28-14-6-22(20-29(28)32)26-12-5-21-19-23(34)7-13-27(21)30(26)36-25-10-8-24(9-11-25)35-18-17-33-15-3-1-2-4-16-33;/h5-14,19-20,34H,1-4,15-18H2;1H. The van der Waals surface area contributed by atoms with Gasteiger partial charge >= 0.3 is 0 Å². The van der Waals surface area contributed by atoms with E-state index in [0.29, 0.717) is 29.2 Å². The van der Waals surface area contributed by atoms with Crippen LogP contribution in [0.15, 0.2) is 72.8 Å². The van der Waals surface area contributed by atoms with Crippen LogP contribution in [0, 0.1) is 11.6 Å². The van der Waals surface area contributed by atoms with Crippen LogP contribution >= 0.6 is 12.4 Å². The van der Waals surface area contributed by atoms with Gasteiger partial charge in [0.05, 0.1) is 0 Å². The maximum Gasteiger partial charge on any atom is 0.159 e. The Hall–Kier alpha value is -3.35. The van der Waals surface area contributed by atoms with Gasteiger partial charge < -0.3 is 14.6 Å². The average molecular weight is 526 g/mol. The number of nitrogens with zero attached hydrogens (tertiary/aromatic N) is 1. The normalized spacial score (nSPS) is 14.1. The number of phenols is 1. The molecule has 1 saturated heterocycles. The highest BCUT2D eigenvalue weighted by Gasteiger charge is 2.15. The SMILES string of the molecule is Cl.Oc1ccc2c(Oc3ccc(OCCN4CCCCCC4)cc3)c(-c3ccc(F)c(F)c3)ccc2c1. The predicted octanol–water partition coefficient (Wildman–Crippen LogP) is 7.96. The molecular formula is C30H30ClF2NO3. The molecular weight excluding hydrogens is 496 g/mol. The van der Waals surface area contributed by atoms with Crippen molar-refractivity contribution < 1.29 is 23.4 Å². The number of fused-ring (bicyclic) bond motifs is 1. The highest BCUT2D eigenvalue weighted by atomic mass is 35.5. The monoisotopic (exact) mass is 525 g/mol. The lowest BCUT2D eigenvalue weighted by atomic mass is 9.99. The number of rotatable bonds is 7. The van der Waals surface area contributed by atoms with Crippen LogP contribution in [-0.2, 0) is 0 Å². The van der Waals surface area contributed by atoms with Crippen molar-refractivity contribution in [3.63, 3.8) is 0 Å². The van der Waals surface area contributed by atoms with Gasteiger partial charge in [0.2, 0.25) is 0 Å². The first-order valence-electron chi connectivity index (χ1n) is 12.4. The van der Waals surface area contributed by atoms with E-state index in [1.165, 1.54) is 31.7 Å². The van der Waals surface area contributed by atoms with Crippen LogP contribution in [0.3, 0.4) is 0 Å². The van der Waals surface area contributed by atoms with Gasteiger partial charge in [0.15, 0.2) is 11.6 Å². The molecule has 0 amide bonds. The van der Waals surface area contributed by atoms with Crippen LogP contribution in [0.4, 0.5) is 8.78 Å². The van der Waals surface area contributed by atoms with E-state index in [-0.39, 0.29) is 18.2 Å². The Bertz CT molecular complexity index is 1340. The Morgan fingerprint density at radius 3 is 2.22 bits per heavy atom. The lowest BCUT2D eigenvalue weighted by Crippen LogP contribution is -2.29. The molecule has 194 valence electrons. The summed E-state index contributed by atoms with van der Waals surface area (Å²) < 4.78 is 39.8. The van der Waals surface area contributed by atoms with E-state index >= 15 is 0 Å². The van der Waals surface area contributed by atoms with E-state index in [1.54, 1.807) is 24.3 Å². The molecule has 0 aromatic heterocycles. The Labute approximate surface area is 221 Å². The van der Waals surface area contributed by atoms with Gasteiger partial charge in [0.1, 0.15) is 29.6 Å². The van der Waals surface area contributed by atoms with Gasteiger partial charge in [-0.1, -0.05) is 25.0 Å². The summed E-state index contributed by atoms with van der Waals surface area (Å²) in [4.78, 5) is 2.46. The largest absolute Gasteiger partial charge is 0.508 e. The quantitative estimate of drug-likeness (QED) is 0.266. The van der Waals surface area contributed by atoms with Crippen molar-refractivity contribution in [2.75, 3.05) is 26.2 Å². The van der Waals surface area contributed by atoms with Crippen molar-refractivity contribution in [2.24, 2.45) is 0 Å². The molecule has 4 aromatic carbocycles. The third-order valence-corrected chi connectivity index (χ3v) is 6.60. The minimum absolute atomic E-state index is 0. The van der Waals surface area contributed by atoms with Crippen LogP contribution in [-0.4, -0.2) is 36.2 Å². The van der Waals surface area contributed by atoms with Crippen LogP contribution in [0.5, 0.6) is 23.0 Å². The number of halogens is 3. The van der Waals surface area contributed by atoms with Crippen molar-refractivity contribution in [3.8, 4) is 34.1 Å². The second-order valence-electron chi connectivity index (χ2n) is 9.15. The molecule has 1 heterocycles. The number of hydrogen-bond donors (Lipinski definition) is 1. The third-order valence-electron chi connectivity index (χ3n) is 6.60. The lowest BCUT2D eigenvalue weighted by Gasteiger charge is -2.19. The zero-order chi connectivity index (χ0) is 24.9. The van der Waals surface area contributed by atoms with Gasteiger partial charge in [-0.3, -0.25) is 4.90 Å². The topological polar surface area (TPSA) is 41.9 Å². The van der Waals surface area contributed by atoms with Crippen molar-refractivity contribution >= 4 is 23.2 Å². The van der Waals surface area contributed by atoms with Crippen molar-refractivity contribution in [1.29, 1.82) is 0 Å². The van der Waals surface area contributed by atoms with E-state index < -0.39 is 11.6 Å². The van der Waals surface area contributed by atoms with E-state index in [2.05, 4.69) is 4.90 Å². The van der Waals surface area contributed by atoms with Gasteiger partial charge in [-0.2, -0.15) is 0 Å². The number of hydrogen-bond acceptors (Lipinski definition) is 4. The molecule has 1 aliphatic heterocycles. The second kappa shape index (κ2) is 12.3. The van der Waals surface area contributed by atoms with Crippen LogP contribution < -0.4 is 9.47 Å². The van der Waals surface area contributed by atoms with Crippen molar-refractivity contribution in [2.45, 2.75) is 25.7 Å². The molecule has 0 radical (unpaired) electrons. The molecule has 0 unspecified atom stereocenters. The summed E-state index contributed by atoms with van der Waals surface area (Å²) >= 11 is 0. The third kappa shape index (κ3) is 6.51. The zero-order valence-electron chi connectivity index (χ0n) is 20.5. The summed E-state index contributed by atoms with van der Waals surface area (Å²) in [5.41, 5.74) is 1.11. The summed E-state index contributed by atoms with van der Waals surface area (Å²) in [6.07, 6.45) is 5.14. The molecule has 1 N–H and O–H groups in total. The number of likely N-dealkylation sites (tertiary alicyclic amines) is 1. The summed E-state index contributed by atoms with van der Waals surface area (Å²) in [6.45, 7) is 3.82. The first-order chi connectivity index (χ1) is 17.6. The molecule has 0 atom stereocenters. The minimum Gasteiger partial charge on any atom is -0.508 e. The fraction of sp³-hybridized carbons (Fsp3) is 0.267. The second-order valence-corrected chi connectivity index (χ2v) is 9.15. The van der Waals surface area contributed by atoms with Crippen LogP contribution in [0.1, 0.15) is 25.7 Å². The fourth-order valence-electron chi connectivity index (χ4n) is 4.66. The smallest absolute Gasteiger partial charge is 0.159 e. The Morgan fingerprint density at radius 1 is 0.757 bits per heavy atom. The molecule has 1 fully saturated rings. The van der Waals surface area contributed by atoms with Gasteiger partial charge in [0.25, 0.3) is 0 Å². The molecule has 37 heavy (non-hydrogen) atoms. The number of ether oxygens (including phenoxy) is 2. The zero-order valence-corrected chi connectivity index (χ0v) is 21.3. The molecule has 0 aliphatic carbocycles. The highest BCUT2D eigenvalue weighted by molar-refractivity contribution is 5.96. The van der Waals surface area contributed by atoms with Gasteiger partial charge in [0, 0.05) is 17.5 Å². The molecule has 1 aliphatic rings. The minimum atomic E-state index is -0.925. The van der Waals surface area contributed by atoms with Crippen molar-refractivity contribution in [1.82, 2.24) is 4.90 Å². The highest BCUT2D eigenvalue weighted by Crippen LogP contribution is 2.41. The van der Waals surface area contributed by atoms with E-state index in [0.717, 1.165) is 48.3 Å². The van der Waals surface area contributed by atoms with E-state index in [4.69, 9.17) is 9.47 Å².